The molecule has 1 atom stereocenters. The molecule has 0 heterocycles. The van der Waals surface area contributed by atoms with Crippen LogP contribution in [0.4, 0.5) is 4.39 Å². The molecule has 5 nitrogen and oxygen atoms in total. The highest BCUT2D eigenvalue weighted by molar-refractivity contribution is 5.88. The summed E-state index contributed by atoms with van der Waals surface area (Å²) in [5.41, 5.74) is 2.83. The summed E-state index contributed by atoms with van der Waals surface area (Å²) in [6.45, 7) is 8.62. The molecule has 190 valence electrons. The van der Waals surface area contributed by atoms with Crippen LogP contribution in [-0.2, 0) is 28.0 Å². The summed E-state index contributed by atoms with van der Waals surface area (Å²) in [6, 6.07) is 22.5. The molecule has 0 aliphatic heterocycles. The molecule has 3 aromatic carbocycles. The standard InChI is InChI=1S/C30H35FN2O3/c1-5-32-29(35)27(19-22-9-7-6-8-10-22)33(20-23-11-15-25(31)16-12-23)28(34)21-36-26-17-13-24(14-18-26)30(2,3)4/h6-18,27H,5,19-21H2,1-4H3,(H,32,35)/t27-/m0/s1. The summed E-state index contributed by atoms with van der Waals surface area (Å²) in [6.07, 6.45) is 0.347. The van der Waals surface area contributed by atoms with Crippen LogP contribution in [0, 0.1) is 5.82 Å². The number of nitrogens with one attached hydrogen (secondary N) is 1. The zero-order valence-corrected chi connectivity index (χ0v) is 21.5. The van der Waals surface area contributed by atoms with E-state index in [4.69, 9.17) is 4.74 Å². The number of carbonyl (C=O) groups is 2. The van der Waals surface area contributed by atoms with Crippen LogP contribution >= 0.6 is 0 Å². The number of nitrogens with zero attached hydrogens (tertiary/aromatic N) is 1. The predicted molar refractivity (Wildman–Crippen MR) is 140 cm³/mol. The van der Waals surface area contributed by atoms with Gasteiger partial charge in [-0.1, -0.05) is 75.4 Å². The first kappa shape index (κ1) is 26.9. The maximum absolute atomic E-state index is 13.5. The van der Waals surface area contributed by atoms with Crippen molar-refractivity contribution in [3.8, 4) is 5.75 Å². The SMILES string of the molecule is CCNC(=O)[C@H](Cc1ccccc1)N(Cc1ccc(F)cc1)C(=O)COc1ccc(C(C)(C)C)cc1. The van der Waals surface area contributed by atoms with Crippen LogP contribution in [-0.4, -0.2) is 35.9 Å². The first-order valence-corrected chi connectivity index (χ1v) is 12.3. The summed E-state index contributed by atoms with van der Waals surface area (Å²) in [5.74, 6) is -0.350. The molecule has 0 fully saturated rings. The number of hydrogen-bond donors (Lipinski definition) is 1. The molecule has 0 aliphatic carbocycles. The van der Waals surface area contributed by atoms with E-state index in [1.165, 1.54) is 22.6 Å². The normalized spacial score (nSPS) is 12.0. The quantitative estimate of drug-likeness (QED) is 0.421. The summed E-state index contributed by atoms with van der Waals surface area (Å²) < 4.78 is 19.3. The van der Waals surface area contributed by atoms with Crippen LogP contribution in [0.5, 0.6) is 5.75 Å². The Kier molecular flexibility index (Phi) is 9.23. The van der Waals surface area contributed by atoms with Gasteiger partial charge in [-0.25, -0.2) is 4.39 Å². The Morgan fingerprint density at radius 2 is 1.56 bits per heavy atom. The van der Waals surface area contributed by atoms with Gasteiger partial charge in [-0.2, -0.15) is 0 Å². The molecule has 3 rings (SSSR count). The molecule has 3 aromatic rings. The number of hydrogen-bond acceptors (Lipinski definition) is 3. The molecule has 1 N–H and O–H groups in total. The zero-order chi connectivity index (χ0) is 26.1. The topological polar surface area (TPSA) is 58.6 Å². The Bertz CT molecular complexity index is 1120. The molecule has 0 aliphatic rings. The monoisotopic (exact) mass is 490 g/mol. The van der Waals surface area contributed by atoms with Crippen molar-refractivity contribution >= 4 is 11.8 Å². The van der Waals surface area contributed by atoms with Crippen molar-refractivity contribution in [2.45, 2.75) is 52.1 Å². The van der Waals surface area contributed by atoms with E-state index in [0.717, 1.165) is 11.1 Å². The highest BCUT2D eigenvalue weighted by Crippen LogP contribution is 2.24. The van der Waals surface area contributed by atoms with Crippen LogP contribution in [0.25, 0.3) is 0 Å². The molecule has 0 aromatic heterocycles. The summed E-state index contributed by atoms with van der Waals surface area (Å²) in [4.78, 5) is 28.2. The van der Waals surface area contributed by atoms with Crippen molar-refractivity contribution in [3.63, 3.8) is 0 Å². The van der Waals surface area contributed by atoms with Crippen LogP contribution in [0.1, 0.15) is 44.4 Å². The fourth-order valence-electron chi connectivity index (χ4n) is 3.91. The highest BCUT2D eigenvalue weighted by atomic mass is 19.1. The fraction of sp³-hybridized carbons (Fsp3) is 0.333. The summed E-state index contributed by atoms with van der Waals surface area (Å²) in [7, 11) is 0. The molecule has 0 radical (unpaired) electrons. The third kappa shape index (κ3) is 7.67. The van der Waals surface area contributed by atoms with Gasteiger partial charge in [0.05, 0.1) is 0 Å². The smallest absolute Gasteiger partial charge is 0.261 e. The Morgan fingerprint density at radius 1 is 0.917 bits per heavy atom. The second kappa shape index (κ2) is 12.3. The molecule has 36 heavy (non-hydrogen) atoms. The molecule has 0 bridgehead atoms. The van der Waals surface area contributed by atoms with Crippen molar-refractivity contribution in [1.29, 1.82) is 0 Å². The molecular formula is C30H35FN2O3. The van der Waals surface area contributed by atoms with E-state index in [1.54, 1.807) is 12.1 Å². The zero-order valence-electron chi connectivity index (χ0n) is 21.5. The van der Waals surface area contributed by atoms with E-state index in [2.05, 4.69) is 26.1 Å². The van der Waals surface area contributed by atoms with Gasteiger partial charge in [0.1, 0.15) is 17.6 Å². The Balaban J connectivity index is 1.85. The summed E-state index contributed by atoms with van der Waals surface area (Å²) >= 11 is 0. The lowest BCUT2D eigenvalue weighted by Gasteiger charge is -2.31. The molecule has 6 heteroatoms. The van der Waals surface area contributed by atoms with Crippen molar-refractivity contribution in [2.75, 3.05) is 13.2 Å². The minimum atomic E-state index is -0.753. The Hall–Kier alpha value is -3.67. The number of amides is 2. The largest absolute Gasteiger partial charge is 0.484 e. The number of benzene rings is 3. The number of likely N-dealkylation sites (N-methyl/N-ethyl adjacent to an activating group) is 1. The second-order valence-electron chi connectivity index (χ2n) is 9.81. The molecule has 2 amide bonds. The lowest BCUT2D eigenvalue weighted by molar-refractivity contribution is -0.142. The average Bonchev–Trinajstić information content (AvgIpc) is 2.86. The van der Waals surface area contributed by atoms with Gasteiger partial charge in [0.2, 0.25) is 5.91 Å². The number of ether oxygens (including phenoxy) is 1. The van der Waals surface area contributed by atoms with Crippen molar-refractivity contribution in [2.24, 2.45) is 0 Å². The van der Waals surface area contributed by atoms with Gasteiger partial charge in [0.15, 0.2) is 6.61 Å². The van der Waals surface area contributed by atoms with Gasteiger partial charge in [0.25, 0.3) is 5.91 Å². The molecule has 0 saturated carbocycles. The van der Waals surface area contributed by atoms with Crippen LogP contribution in [0.3, 0.4) is 0 Å². The minimum Gasteiger partial charge on any atom is -0.484 e. The van der Waals surface area contributed by atoms with Gasteiger partial charge in [-0.05, 0) is 53.3 Å². The van der Waals surface area contributed by atoms with Crippen LogP contribution in [0.15, 0.2) is 78.9 Å². The van der Waals surface area contributed by atoms with Gasteiger partial charge in [-0.3, -0.25) is 9.59 Å². The first-order chi connectivity index (χ1) is 17.2. The molecule has 0 spiro atoms. The number of rotatable bonds is 10. The highest BCUT2D eigenvalue weighted by Gasteiger charge is 2.30. The van der Waals surface area contributed by atoms with Gasteiger partial charge < -0.3 is 15.0 Å². The molecule has 0 unspecified atom stereocenters. The third-order valence-corrected chi connectivity index (χ3v) is 5.97. The van der Waals surface area contributed by atoms with E-state index in [1.807, 2.05) is 61.5 Å². The van der Waals surface area contributed by atoms with E-state index < -0.39 is 6.04 Å². The predicted octanol–water partition coefficient (Wildman–Crippen LogP) is 5.28. The van der Waals surface area contributed by atoms with Gasteiger partial charge in [0, 0.05) is 19.5 Å². The van der Waals surface area contributed by atoms with E-state index in [9.17, 15) is 14.0 Å². The van der Waals surface area contributed by atoms with E-state index in [0.29, 0.717) is 18.7 Å². The molecular weight excluding hydrogens is 455 g/mol. The fourth-order valence-corrected chi connectivity index (χ4v) is 3.91. The Morgan fingerprint density at radius 3 is 2.14 bits per heavy atom. The van der Waals surface area contributed by atoms with Crippen LogP contribution < -0.4 is 10.1 Å². The van der Waals surface area contributed by atoms with Crippen molar-refractivity contribution < 1.29 is 18.7 Å². The lowest BCUT2D eigenvalue weighted by Crippen LogP contribution is -2.51. The maximum Gasteiger partial charge on any atom is 0.261 e. The second-order valence-corrected chi connectivity index (χ2v) is 9.81. The number of halogens is 1. The third-order valence-electron chi connectivity index (χ3n) is 5.97. The maximum atomic E-state index is 13.5. The molecule has 0 saturated heterocycles. The van der Waals surface area contributed by atoms with Crippen LogP contribution in [0.2, 0.25) is 0 Å². The van der Waals surface area contributed by atoms with E-state index >= 15 is 0 Å². The Labute approximate surface area is 213 Å². The lowest BCUT2D eigenvalue weighted by atomic mass is 9.87. The van der Waals surface area contributed by atoms with Gasteiger partial charge >= 0.3 is 0 Å². The first-order valence-electron chi connectivity index (χ1n) is 12.3. The van der Waals surface area contributed by atoms with Crippen molar-refractivity contribution in [1.82, 2.24) is 10.2 Å². The van der Waals surface area contributed by atoms with Crippen molar-refractivity contribution in [3.05, 3.63) is 101 Å². The van der Waals surface area contributed by atoms with Gasteiger partial charge in [-0.15, -0.1) is 0 Å². The summed E-state index contributed by atoms with van der Waals surface area (Å²) in [5, 5.41) is 2.86. The van der Waals surface area contributed by atoms with E-state index in [-0.39, 0.29) is 36.2 Å². The number of carbonyl (C=O) groups excluding carboxylic acids is 2. The average molecular weight is 491 g/mol. The minimum absolute atomic E-state index is 0.0115.